The van der Waals surface area contributed by atoms with Gasteiger partial charge in [0, 0.05) is 31.3 Å². The Morgan fingerprint density at radius 1 is 1.20 bits per heavy atom. The summed E-state index contributed by atoms with van der Waals surface area (Å²) in [5.41, 5.74) is 1.44. The number of anilines is 1. The van der Waals surface area contributed by atoms with Crippen LogP contribution in [0.15, 0.2) is 24.3 Å². The molecule has 7 heteroatoms. The van der Waals surface area contributed by atoms with E-state index in [1.54, 1.807) is 12.1 Å². The molecule has 2 aliphatic heterocycles. The zero-order valence-electron chi connectivity index (χ0n) is 18.0. The van der Waals surface area contributed by atoms with Crippen LogP contribution in [0.25, 0.3) is 0 Å². The second-order valence-corrected chi connectivity index (χ2v) is 8.33. The maximum atomic E-state index is 13.0. The molecular formula is C23H32N4O3. The molecule has 1 aromatic rings. The molecular weight excluding hydrogens is 380 g/mol. The molecule has 2 aliphatic rings. The Hall–Kier alpha value is -2.43. The number of carbonyl (C=O) groups is 2. The molecule has 0 bridgehead atoms. The Labute approximate surface area is 179 Å². The molecule has 2 amide bonds. The van der Waals surface area contributed by atoms with Gasteiger partial charge >= 0.3 is 0 Å². The number of carbonyl (C=O) groups excluding carboxylic acids is 2. The summed E-state index contributed by atoms with van der Waals surface area (Å²) in [5, 5.41) is 12.0. The van der Waals surface area contributed by atoms with Crippen molar-refractivity contribution < 1.29 is 14.3 Å². The van der Waals surface area contributed by atoms with E-state index in [4.69, 9.17) is 10.00 Å². The van der Waals surface area contributed by atoms with E-state index in [0.717, 1.165) is 44.5 Å². The van der Waals surface area contributed by atoms with Crippen molar-refractivity contribution in [3.63, 3.8) is 0 Å². The van der Waals surface area contributed by atoms with Gasteiger partial charge in [0.05, 0.1) is 23.8 Å². The number of hydrogen-bond acceptors (Lipinski definition) is 5. The fraction of sp³-hybridized carbons (Fsp3) is 0.609. The first-order valence-electron chi connectivity index (χ1n) is 10.9. The fourth-order valence-corrected chi connectivity index (χ4v) is 4.20. The lowest BCUT2D eigenvalue weighted by Crippen LogP contribution is -2.48. The van der Waals surface area contributed by atoms with Crippen LogP contribution in [0.5, 0.6) is 0 Å². The van der Waals surface area contributed by atoms with E-state index in [0.29, 0.717) is 25.3 Å². The van der Waals surface area contributed by atoms with Crippen molar-refractivity contribution in [2.24, 2.45) is 5.92 Å². The third-order valence-corrected chi connectivity index (χ3v) is 5.90. The summed E-state index contributed by atoms with van der Waals surface area (Å²) in [4.78, 5) is 29.4. The van der Waals surface area contributed by atoms with E-state index in [9.17, 15) is 9.59 Å². The zero-order valence-corrected chi connectivity index (χ0v) is 18.0. The van der Waals surface area contributed by atoms with Gasteiger partial charge in [-0.15, -0.1) is 0 Å². The fourth-order valence-electron chi connectivity index (χ4n) is 4.20. The summed E-state index contributed by atoms with van der Waals surface area (Å²) in [6.45, 7) is 7.55. The van der Waals surface area contributed by atoms with Crippen molar-refractivity contribution >= 4 is 17.5 Å². The number of nitrogens with one attached hydrogen (secondary N) is 1. The number of amides is 2. The monoisotopic (exact) mass is 412 g/mol. The molecule has 7 nitrogen and oxygen atoms in total. The summed E-state index contributed by atoms with van der Waals surface area (Å²) >= 11 is 0. The van der Waals surface area contributed by atoms with Gasteiger partial charge in [0.1, 0.15) is 0 Å². The molecule has 0 saturated carbocycles. The first kappa shape index (κ1) is 22.3. The van der Waals surface area contributed by atoms with E-state index >= 15 is 0 Å². The summed E-state index contributed by atoms with van der Waals surface area (Å²) in [7, 11) is 0. The van der Waals surface area contributed by atoms with Crippen LogP contribution in [-0.2, 0) is 14.3 Å². The van der Waals surface area contributed by atoms with Crippen LogP contribution in [0.4, 0.5) is 5.69 Å². The Bertz CT molecular complexity index is 764. The highest BCUT2D eigenvalue weighted by Crippen LogP contribution is 2.28. The topological polar surface area (TPSA) is 85.7 Å². The van der Waals surface area contributed by atoms with Crippen molar-refractivity contribution in [2.45, 2.75) is 51.7 Å². The van der Waals surface area contributed by atoms with Gasteiger partial charge in [0.15, 0.2) is 0 Å². The van der Waals surface area contributed by atoms with Crippen molar-refractivity contribution in [3.8, 4) is 6.07 Å². The average Bonchev–Trinajstić information content (AvgIpc) is 3.14. The van der Waals surface area contributed by atoms with Gasteiger partial charge in [-0.25, -0.2) is 0 Å². The first-order valence-corrected chi connectivity index (χ1v) is 10.9. The minimum absolute atomic E-state index is 0.0263. The van der Waals surface area contributed by atoms with Crippen molar-refractivity contribution in [2.75, 3.05) is 37.7 Å². The lowest BCUT2D eigenvalue weighted by molar-refractivity contribution is -0.127. The standard InChI is InChI=1S/C23H32N4O3/c1-17(2)30-15-3-11-25-22(28)19-8-12-26(13-9-19)21-10-14-27(23(21)29)20-6-4-18(16-24)5-7-20/h4-7,17,19,21H,3,8-15H2,1-2H3,(H,25,28). The number of rotatable bonds is 8. The molecule has 0 spiro atoms. The summed E-state index contributed by atoms with van der Waals surface area (Å²) in [6.07, 6.45) is 3.41. The van der Waals surface area contributed by atoms with Crippen LogP contribution in [0.2, 0.25) is 0 Å². The van der Waals surface area contributed by atoms with Crippen LogP contribution in [0, 0.1) is 17.2 Å². The predicted octanol–water partition coefficient (Wildman–Crippen LogP) is 2.31. The molecule has 1 N–H and O–H groups in total. The van der Waals surface area contributed by atoms with Crippen molar-refractivity contribution in [3.05, 3.63) is 29.8 Å². The van der Waals surface area contributed by atoms with Crippen LogP contribution in [-0.4, -0.2) is 61.6 Å². The van der Waals surface area contributed by atoms with Gasteiger partial charge in [0.2, 0.25) is 11.8 Å². The number of ether oxygens (including phenoxy) is 1. The lowest BCUT2D eigenvalue weighted by Gasteiger charge is -2.34. The number of likely N-dealkylation sites (tertiary alicyclic amines) is 1. The van der Waals surface area contributed by atoms with Gasteiger partial charge in [-0.05, 0) is 76.9 Å². The number of benzene rings is 1. The van der Waals surface area contributed by atoms with Crippen LogP contribution in [0.3, 0.4) is 0 Å². The molecule has 2 fully saturated rings. The van der Waals surface area contributed by atoms with Crippen LogP contribution >= 0.6 is 0 Å². The smallest absolute Gasteiger partial charge is 0.244 e. The van der Waals surface area contributed by atoms with E-state index < -0.39 is 0 Å². The van der Waals surface area contributed by atoms with Crippen molar-refractivity contribution in [1.29, 1.82) is 5.26 Å². The summed E-state index contributed by atoms with van der Waals surface area (Å²) < 4.78 is 5.49. The van der Waals surface area contributed by atoms with Crippen LogP contribution < -0.4 is 10.2 Å². The van der Waals surface area contributed by atoms with Gasteiger partial charge < -0.3 is 15.0 Å². The molecule has 1 atom stereocenters. The summed E-state index contributed by atoms with van der Waals surface area (Å²) in [6, 6.07) is 9.15. The second kappa shape index (κ2) is 10.6. The van der Waals surface area contributed by atoms with E-state index in [-0.39, 0.29) is 29.9 Å². The zero-order chi connectivity index (χ0) is 21.5. The molecule has 162 valence electrons. The molecule has 2 saturated heterocycles. The van der Waals surface area contributed by atoms with Crippen LogP contribution in [0.1, 0.15) is 45.1 Å². The third kappa shape index (κ3) is 5.59. The lowest BCUT2D eigenvalue weighted by atomic mass is 9.94. The maximum absolute atomic E-state index is 13.0. The third-order valence-electron chi connectivity index (χ3n) is 5.90. The first-order chi connectivity index (χ1) is 14.5. The quantitative estimate of drug-likeness (QED) is 0.662. The number of nitrogens with zero attached hydrogens (tertiary/aromatic N) is 3. The van der Waals surface area contributed by atoms with Gasteiger partial charge in [-0.1, -0.05) is 0 Å². The molecule has 0 radical (unpaired) electrons. The predicted molar refractivity (Wildman–Crippen MR) is 115 cm³/mol. The highest BCUT2D eigenvalue weighted by atomic mass is 16.5. The van der Waals surface area contributed by atoms with Gasteiger partial charge in [-0.2, -0.15) is 5.26 Å². The Kier molecular flexibility index (Phi) is 7.83. The maximum Gasteiger partial charge on any atom is 0.244 e. The van der Waals surface area contributed by atoms with E-state index in [1.807, 2.05) is 30.9 Å². The Balaban J connectivity index is 1.43. The van der Waals surface area contributed by atoms with E-state index in [1.165, 1.54) is 0 Å². The Morgan fingerprint density at radius 3 is 2.53 bits per heavy atom. The molecule has 1 unspecified atom stereocenters. The molecule has 0 aliphatic carbocycles. The SMILES string of the molecule is CC(C)OCCCNC(=O)C1CCN(C2CCN(c3ccc(C#N)cc3)C2=O)CC1. The molecule has 0 aromatic heterocycles. The number of piperidine rings is 1. The molecule has 30 heavy (non-hydrogen) atoms. The molecule has 1 aromatic carbocycles. The number of hydrogen-bond donors (Lipinski definition) is 1. The summed E-state index contributed by atoms with van der Waals surface area (Å²) in [5.74, 6) is 0.266. The minimum Gasteiger partial charge on any atom is -0.379 e. The molecule has 2 heterocycles. The van der Waals surface area contributed by atoms with Gasteiger partial charge in [-0.3, -0.25) is 14.5 Å². The van der Waals surface area contributed by atoms with Crippen molar-refractivity contribution in [1.82, 2.24) is 10.2 Å². The normalized spacial score (nSPS) is 20.5. The Morgan fingerprint density at radius 2 is 1.90 bits per heavy atom. The average molecular weight is 413 g/mol. The minimum atomic E-state index is -0.113. The largest absolute Gasteiger partial charge is 0.379 e. The second-order valence-electron chi connectivity index (χ2n) is 8.33. The molecule has 3 rings (SSSR count). The van der Waals surface area contributed by atoms with Gasteiger partial charge in [0.25, 0.3) is 0 Å². The highest BCUT2D eigenvalue weighted by molar-refractivity contribution is 5.99. The number of nitriles is 1. The van der Waals surface area contributed by atoms with E-state index in [2.05, 4.69) is 16.3 Å². The highest BCUT2D eigenvalue weighted by Gasteiger charge is 2.38.